The van der Waals surface area contributed by atoms with Crippen LogP contribution in [0.4, 0.5) is 0 Å². The average Bonchev–Trinajstić information content (AvgIpc) is 3.30. The van der Waals surface area contributed by atoms with Crippen LogP contribution < -0.4 is 0 Å². The van der Waals surface area contributed by atoms with Crippen molar-refractivity contribution in [2.24, 2.45) is 44.8 Å². The number of allylic oxidation sites excluding steroid dienone is 3. The van der Waals surface area contributed by atoms with Gasteiger partial charge in [-0.3, -0.25) is 9.59 Å². The van der Waals surface area contributed by atoms with Crippen LogP contribution in [0.15, 0.2) is 23.8 Å². The maximum Gasteiger partial charge on any atom is 0.315 e. The molecule has 4 heterocycles. The van der Waals surface area contributed by atoms with E-state index in [9.17, 15) is 66.1 Å². The van der Waals surface area contributed by atoms with E-state index in [1.807, 2.05) is 6.92 Å². The van der Waals surface area contributed by atoms with Crippen molar-refractivity contribution in [3.05, 3.63) is 23.8 Å². The zero-order chi connectivity index (χ0) is 56.1. The number of esters is 2. The molecule has 0 aromatic carbocycles. The molecule has 23 nitrogen and oxygen atoms in total. The molecule has 438 valence electrons. The maximum absolute atomic E-state index is 15.0. The van der Waals surface area contributed by atoms with Gasteiger partial charge in [-0.1, -0.05) is 51.5 Å². The molecule has 9 rings (SSSR count). The molecule has 23 heteroatoms. The van der Waals surface area contributed by atoms with Crippen LogP contribution in [0, 0.1) is 44.8 Å². The molecule has 8 fully saturated rings. The molecule has 0 spiro atoms. The van der Waals surface area contributed by atoms with Crippen LogP contribution in [0.5, 0.6) is 0 Å². The summed E-state index contributed by atoms with van der Waals surface area (Å²) in [6.07, 6.45) is -22.3. The molecular formula is C54H84O23. The van der Waals surface area contributed by atoms with Crippen molar-refractivity contribution in [2.45, 2.75) is 229 Å². The molecule has 0 aromatic rings. The van der Waals surface area contributed by atoms with Gasteiger partial charge in [-0.05, 0) is 99.2 Å². The second-order valence-corrected chi connectivity index (χ2v) is 24.9. The molecule has 77 heavy (non-hydrogen) atoms. The van der Waals surface area contributed by atoms with Gasteiger partial charge < -0.3 is 104 Å². The lowest BCUT2D eigenvalue weighted by atomic mass is 9.34. The summed E-state index contributed by atoms with van der Waals surface area (Å²) >= 11 is 0. The van der Waals surface area contributed by atoms with Gasteiger partial charge in [-0.2, -0.15) is 0 Å². The number of rotatable bonds is 12. The summed E-state index contributed by atoms with van der Waals surface area (Å²) in [6.45, 7) is 14.4. The molecule has 0 bridgehead atoms. The van der Waals surface area contributed by atoms with Crippen LogP contribution in [-0.2, 0) is 52.2 Å². The largest absolute Gasteiger partial charge is 0.463 e. The predicted octanol–water partition coefficient (Wildman–Crippen LogP) is -1.30. The molecule has 28 unspecified atom stereocenters. The van der Waals surface area contributed by atoms with Crippen molar-refractivity contribution in [3.8, 4) is 0 Å². The van der Waals surface area contributed by atoms with Gasteiger partial charge in [-0.25, -0.2) is 0 Å². The maximum atomic E-state index is 15.0. The topological polar surface area (TPSA) is 360 Å². The Morgan fingerprint density at radius 3 is 2.05 bits per heavy atom. The van der Waals surface area contributed by atoms with Gasteiger partial charge in [0, 0.05) is 18.3 Å². The third-order valence-electron chi connectivity index (χ3n) is 20.8. The summed E-state index contributed by atoms with van der Waals surface area (Å²) in [5, 5.41) is 130. The fourth-order valence-electron chi connectivity index (χ4n) is 15.9. The zero-order valence-corrected chi connectivity index (χ0v) is 44.8. The minimum atomic E-state index is -1.91. The molecule has 4 saturated carbocycles. The Morgan fingerprint density at radius 1 is 0.688 bits per heavy atom. The molecule has 0 amide bonds. The van der Waals surface area contributed by atoms with Crippen LogP contribution in [0.1, 0.15) is 106 Å². The summed E-state index contributed by atoms with van der Waals surface area (Å²) in [4.78, 5) is 26.9. The van der Waals surface area contributed by atoms with E-state index >= 15 is 4.79 Å². The second-order valence-electron chi connectivity index (χ2n) is 24.9. The van der Waals surface area contributed by atoms with Crippen molar-refractivity contribution < 1.29 is 113 Å². The lowest BCUT2D eigenvalue weighted by Gasteiger charge is -2.71. The molecule has 12 N–H and O–H groups in total. The van der Waals surface area contributed by atoms with E-state index in [2.05, 4.69) is 33.4 Å². The number of carbonyl (C=O) groups is 2. The normalized spacial score (nSPS) is 52.9. The zero-order valence-electron chi connectivity index (χ0n) is 44.8. The predicted molar refractivity (Wildman–Crippen MR) is 262 cm³/mol. The smallest absolute Gasteiger partial charge is 0.315 e. The number of carbonyl (C=O) groups excluding carboxylic acids is 2. The summed E-state index contributed by atoms with van der Waals surface area (Å²) in [7, 11) is 0. The molecule has 5 aliphatic carbocycles. The van der Waals surface area contributed by atoms with Crippen molar-refractivity contribution in [1.82, 2.24) is 0 Å². The number of aliphatic hydroxyl groups excluding tert-OH is 12. The molecule has 0 radical (unpaired) electrons. The first-order valence-corrected chi connectivity index (χ1v) is 27.5. The highest BCUT2D eigenvalue weighted by Crippen LogP contribution is 2.75. The van der Waals surface area contributed by atoms with Gasteiger partial charge in [0.15, 0.2) is 18.9 Å². The van der Waals surface area contributed by atoms with Gasteiger partial charge in [0.05, 0.1) is 37.4 Å². The SMILES string of the molecule is C=C1CCC2(C(=O)OC3OC(COC4OC(COC(C)=O)C(OC5OC(C)C(O)C(O)C5O)C(O)C4O)C(O)C(O)C3O)CCC3(C)C(=CCC4C5(C)CCC(OC6OCC(O)C(O)C6O)C(C)(CO)C5CCC43C)C2C1. The quantitative estimate of drug-likeness (QED) is 0.0614. The van der Waals surface area contributed by atoms with Gasteiger partial charge >= 0.3 is 11.9 Å². The first-order chi connectivity index (χ1) is 36.2. The Labute approximate surface area is 448 Å². The van der Waals surface area contributed by atoms with Crippen molar-refractivity contribution in [1.29, 1.82) is 0 Å². The molecule has 4 saturated heterocycles. The Bertz CT molecular complexity index is 2180. The number of hydrogen-bond donors (Lipinski definition) is 12. The molecule has 4 aliphatic heterocycles. The highest BCUT2D eigenvalue weighted by Gasteiger charge is 2.70. The van der Waals surface area contributed by atoms with Crippen molar-refractivity contribution in [2.75, 3.05) is 26.4 Å². The van der Waals surface area contributed by atoms with E-state index in [1.165, 1.54) is 6.92 Å². The Balaban J connectivity index is 0.895. The lowest BCUT2D eigenvalue weighted by Crippen LogP contribution is -2.66. The average molecular weight is 1100 g/mol. The van der Waals surface area contributed by atoms with E-state index in [4.69, 9.17) is 42.6 Å². The summed E-state index contributed by atoms with van der Waals surface area (Å²) in [5.41, 5.74) is -0.547. The Kier molecular flexibility index (Phi) is 17.0. The number of aliphatic hydroxyl groups is 12. The van der Waals surface area contributed by atoms with Gasteiger partial charge in [-0.15, -0.1) is 0 Å². The second kappa shape index (κ2) is 22.1. The minimum absolute atomic E-state index is 0.0158. The van der Waals surface area contributed by atoms with E-state index in [0.717, 1.165) is 37.3 Å². The Hall–Kier alpha value is -2.34. The fraction of sp³-hybridized carbons (Fsp3) is 0.889. The van der Waals surface area contributed by atoms with Crippen LogP contribution in [0.3, 0.4) is 0 Å². The third-order valence-corrected chi connectivity index (χ3v) is 20.8. The number of fused-ring (bicyclic) bond motifs is 7. The summed E-state index contributed by atoms with van der Waals surface area (Å²) in [5.74, 6) is -1.52. The van der Waals surface area contributed by atoms with E-state index < -0.39 is 159 Å². The highest BCUT2D eigenvalue weighted by atomic mass is 16.8. The van der Waals surface area contributed by atoms with Crippen molar-refractivity contribution >= 4 is 11.9 Å². The number of ether oxygens (including phenoxy) is 9. The van der Waals surface area contributed by atoms with E-state index in [1.54, 1.807) is 0 Å². The van der Waals surface area contributed by atoms with E-state index in [0.29, 0.717) is 44.9 Å². The van der Waals surface area contributed by atoms with Crippen molar-refractivity contribution in [3.63, 3.8) is 0 Å². The van der Waals surface area contributed by atoms with Crippen LogP contribution in [0.25, 0.3) is 0 Å². The molecule has 9 aliphatic rings. The standard InChI is InChI=1S/C54H84O23/c1-23-10-15-54(17-16-52(6)26(27(54)18-23)8-9-32-50(4)13-12-33(75-46-40(64)35(59)28(57)19-70-46)51(5,22-55)31(50)11-14-53(32,52)7)49(68)77-48-42(66)38(62)36(60)29(73-48)20-71-45-43(67)39(63)44(30(74-45)21-69-25(3)56)76-47-41(65)37(61)34(58)24(2)72-47/h8,24,27-48,55,57-67H,1,9-22H2,2-7H3. The first kappa shape index (κ1) is 59.3. The van der Waals surface area contributed by atoms with Crippen LogP contribution in [0.2, 0.25) is 0 Å². The van der Waals surface area contributed by atoms with Crippen LogP contribution >= 0.6 is 0 Å². The summed E-state index contributed by atoms with van der Waals surface area (Å²) < 4.78 is 52.4. The molecule has 28 atom stereocenters. The van der Waals surface area contributed by atoms with Gasteiger partial charge in [0.1, 0.15) is 92.1 Å². The molecular weight excluding hydrogens is 1020 g/mol. The molecule has 0 aromatic heterocycles. The van der Waals surface area contributed by atoms with Crippen LogP contribution in [-0.4, -0.2) is 222 Å². The first-order valence-electron chi connectivity index (χ1n) is 27.5. The Morgan fingerprint density at radius 2 is 1.35 bits per heavy atom. The highest BCUT2D eigenvalue weighted by molar-refractivity contribution is 5.79. The third kappa shape index (κ3) is 9.98. The monoisotopic (exact) mass is 1100 g/mol. The lowest BCUT2D eigenvalue weighted by molar-refractivity contribution is -0.361. The van der Waals surface area contributed by atoms with Gasteiger partial charge in [0.25, 0.3) is 0 Å². The van der Waals surface area contributed by atoms with Gasteiger partial charge in [0.2, 0.25) is 6.29 Å². The number of hydrogen-bond acceptors (Lipinski definition) is 23. The summed E-state index contributed by atoms with van der Waals surface area (Å²) in [6, 6.07) is 0. The van der Waals surface area contributed by atoms with E-state index in [-0.39, 0.29) is 47.2 Å². The minimum Gasteiger partial charge on any atom is -0.463 e. The fourth-order valence-corrected chi connectivity index (χ4v) is 15.9.